The molecule has 2 aromatic rings. The summed E-state index contributed by atoms with van der Waals surface area (Å²) in [6, 6.07) is 14.3. The van der Waals surface area contributed by atoms with Crippen molar-refractivity contribution < 1.29 is 18.7 Å². The highest BCUT2D eigenvalue weighted by molar-refractivity contribution is 5.95. The minimum absolute atomic E-state index is 0.132. The van der Waals surface area contributed by atoms with Gasteiger partial charge >= 0.3 is 6.03 Å². The van der Waals surface area contributed by atoms with Crippen LogP contribution in [0.25, 0.3) is 0 Å². The average molecular weight is 357 g/mol. The molecule has 1 fully saturated rings. The summed E-state index contributed by atoms with van der Waals surface area (Å²) in [7, 11) is 0. The molecule has 7 heteroatoms. The van der Waals surface area contributed by atoms with Gasteiger partial charge in [-0.05, 0) is 36.8 Å². The lowest BCUT2D eigenvalue weighted by Gasteiger charge is -2.36. The summed E-state index contributed by atoms with van der Waals surface area (Å²) in [5.74, 6) is -0.945. The molecule has 0 radical (unpaired) electrons. The van der Waals surface area contributed by atoms with Crippen molar-refractivity contribution in [1.29, 1.82) is 0 Å². The minimum atomic E-state index is -0.515. The fourth-order valence-corrected chi connectivity index (χ4v) is 2.83. The number of nitrogens with zero attached hydrogens (tertiary/aromatic N) is 1. The fourth-order valence-electron chi connectivity index (χ4n) is 2.83. The number of carbonyl (C=O) groups excluding carboxylic acids is 2. The molecule has 0 spiro atoms. The maximum absolute atomic E-state index is 12.9. The first-order valence-corrected chi connectivity index (χ1v) is 8.34. The van der Waals surface area contributed by atoms with E-state index in [9.17, 15) is 14.0 Å². The van der Waals surface area contributed by atoms with Crippen molar-refractivity contribution in [3.8, 4) is 0 Å². The van der Waals surface area contributed by atoms with Gasteiger partial charge in [-0.1, -0.05) is 30.3 Å². The topological polar surface area (TPSA) is 70.7 Å². The second kappa shape index (κ2) is 7.97. The van der Waals surface area contributed by atoms with Crippen LogP contribution in [-0.4, -0.2) is 36.0 Å². The Balaban J connectivity index is 1.58. The minimum Gasteiger partial charge on any atom is -0.367 e. The zero-order valence-corrected chi connectivity index (χ0v) is 14.3. The van der Waals surface area contributed by atoms with Gasteiger partial charge in [0.1, 0.15) is 11.9 Å². The summed E-state index contributed by atoms with van der Waals surface area (Å²) in [6.07, 6.45) is -0.356. The first-order valence-electron chi connectivity index (χ1n) is 8.34. The van der Waals surface area contributed by atoms with Crippen LogP contribution < -0.4 is 10.9 Å². The van der Waals surface area contributed by atoms with Gasteiger partial charge in [-0.3, -0.25) is 10.2 Å². The van der Waals surface area contributed by atoms with Crippen LogP contribution >= 0.6 is 0 Å². The van der Waals surface area contributed by atoms with E-state index in [1.165, 1.54) is 24.3 Å². The van der Waals surface area contributed by atoms with Gasteiger partial charge in [0.05, 0.1) is 12.6 Å². The second-order valence-corrected chi connectivity index (χ2v) is 6.14. The summed E-state index contributed by atoms with van der Waals surface area (Å²) < 4.78 is 18.8. The highest BCUT2D eigenvalue weighted by Crippen LogP contribution is 2.24. The van der Waals surface area contributed by atoms with Crippen molar-refractivity contribution in [3.05, 3.63) is 71.5 Å². The van der Waals surface area contributed by atoms with E-state index in [2.05, 4.69) is 10.9 Å². The molecule has 2 atom stereocenters. The molecular weight excluding hydrogens is 337 g/mol. The van der Waals surface area contributed by atoms with Crippen molar-refractivity contribution >= 4 is 11.9 Å². The predicted molar refractivity (Wildman–Crippen MR) is 93.7 cm³/mol. The number of hydrazine groups is 1. The number of ether oxygens (including phenoxy) is 1. The highest BCUT2D eigenvalue weighted by atomic mass is 19.1. The number of hydrogen-bond acceptors (Lipinski definition) is 3. The van der Waals surface area contributed by atoms with Gasteiger partial charge in [0, 0.05) is 12.1 Å². The molecular formula is C19H20FN3O3. The summed E-state index contributed by atoms with van der Waals surface area (Å²) in [5.41, 5.74) is 5.98. The SMILES string of the molecule is C[C@H]1CN(C(=O)NNC(=O)c2ccc(F)cc2)C[C@H](c2ccccc2)O1. The van der Waals surface area contributed by atoms with Crippen LogP contribution in [0.1, 0.15) is 28.9 Å². The van der Waals surface area contributed by atoms with Crippen LogP contribution in [0.15, 0.2) is 54.6 Å². The molecule has 26 heavy (non-hydrogen) atoms. The van der Waals surface area contributed by atoms with Gasteiger partial charge in [-0.15, -0.1) is 0 Å². The van der Waals surface area contributed by atoms with Gasteiger partial charge in [0.25, 0.3) is 5.91 Å². The lowest BCUT2D eigenvalue weighted by atomic mass is 10.1. The standard InChI is InChI=1S/C19H20FN3O3/c1-13-11-23(12-17(26-13)14-5-3-2-4-6-14)19(25)22-21-18(24)15-7-9-16(20)10-8-15/h2-10,13,17H,11-12H2,1H3,(H,21,24)(H,22,25)/t13-,17+/m0/s1. The van der Waals surface area contributed by atoms with Crippen molar-refractivity contribution in [2.24, 2.45) is 0 Å². The zero-order chi connectivity index (χ0) is 18.5. The summed E-state index contributed by atoms with van der Waals surface area (Å²) in [6.45, 7) is 2.70. The van der Waals surface area contributed by atoms with Crippen LogP contribution in [0, 0.1) is 5.82 Å². The van der Waals surface area contributed by atoms with E-state index in [-0.39, 0.29) is 17.8 Å². The lowest BCUT2D eigenvalue weighted by Crippen LogP contribution is -2.54. The Hall–Kier alpha value is -2.93. The smallest absolute Gasteiger partial charge is 0.336 e. The molecule has 1 heterocycles. The monoisotopic (exact) mass is 357 g/mol. The molecule has 2 N–H and O–H groups in total. The zero-order valence-electron chi connectivity index (χ0n) is 14.3. The summed E-state index contributed by atoms with van der Waals surface area (Å²) in [4.78, 5) is 26.0. The normalized spacial score (nSPS) is 19.7. The lowest BCUT2D eigenvalue weighted by molar-refractivity contribution is -0.0658. The van der Waals surface area contributed by atoms with Crippen molar-refractivity contribution in [1.82, 2.24) is 15.8 Å². The predicted octanol–water partition coefficient (Wildman–Crippen LogP) is 2.64. The average Bonchev–Trinajstić information content (AvgIpc) is 2.66. The molecule has 0 bridgehead atoms. The van der Waals surface area contributed by atoms with Crippen LogP contribution in [0.2, 0.25) is 0 Å². The van der Waals surface area contributed by atoms with E-state index in [0.29, 0.717) is 13.1 Å². The van der Waals surface area contributed by atoms with E-state index in [4.69, 9.17) is 4.74 Å². The number of amides is 3. The van der Waals surface area contributed by atoms with Crippen molar-refractivity contribution in [2.45, 2.75) is 19.1 Å². The third-order valence-electron chi connectivity index (χ3n) is 4.11. The molecule has 1 aliphatic rings. The molecule has 0 unspecified atom stereocenters. The Kier molecular flexibility index (Phi) is 5.48. The third-order valence-corrected chi connectivity index (χ3v) is 4.11. The quantitative estimate of drug-likeness (QED) is 0.812. The highest BCUT2D eigenvalue weighted by Gasteiger charge is 2.29. The summed E-state index contributed by atoms with van der Waals surface area (Å²) >= 11 is 0. The molecule has 1 saturated heterocycles. The Bertz CT molecular complexity index is 767. The van der Waals surface area contributed by atoms with Gasteiger partial charge < -0.3 is 9.64 Å². The Morgan fingerprint density at radius 3 is 2.42 bits per heavy atom. The number of morpholine rings is 1. The molecule has 136 valence electrons. The van der Waals surface area contributed by atoms with Gasteiger partial charge in [-0.2, -0.15) is 0 Å². The van der Waals surface area contributed by atoms with Crippen LogP contribution in [0.3, 0.4) is 0 Å². The Morgan fingerprint density at radius 1 is 1.04 bits per heavy atom. The molecule has 0 aliphatic carbocycles. The molecule has 3 amide bonds. The number of urea groups is 1. The van der Waals surface area contributed by atoms with Crippen molar-refractivity contribution in [3.63, 3.8) is 0 Å². The molecule has 0 saturated carbocycles. The molecule has 2 aromatic carbocycles. The second-order valence-electron chi connectivity index (χ2n) is 6.14. The van der Waals surface area contributed by atoms with E-state index >= 15 is 0 Å². The van der Waals surface area contributed by atoms with Gasteiger partial charge in [0.2, 0.25) is 0 Å². The molecule has 0 aromatic heterocycles. The molecule has 6 nitrogen and oxygen atoms in total. The maximum Gasteiger partial charge on any atom is 0.336 e. The Labute approximate surface area is 150 Å². The first kappa shape index (κ1) is 17.9. The number of benzene rings is 2. The number of carbonyl (C=O) groups is 2. The van der Waals surface area contributed by atoms with Crippen molar-refractivity contribution in [2.75, 3.05) is 13.1 Å². The van der Waals surface area contributed by atoms with E-state index in [1.807, 2.05) is 37.3 Å². The van der Waals surface area contributed by atoms with Crippen LogP contribution in [-0.2, 0) is 4.74 Å². The van der Waals surface area contributed by atoms with E-state index in [0.717, 1.165) is 5.56 Å². The third kappa shape index (κ3) is 4.37. The fraction of sp³-hybridized carbons (Fsp3) is 0.263. The largest absolute Gasteiger partial charge is 0.367 e. The molecule has 1 aliphatic heterocycles. The Morgan fingerprint density at radius 2 is 1.73 bits per heavy atom. The number of rotatable bonds is 2. The van der Waals surface area contributed by atoms with Gasteiger partial charge in [0.15, 0.2) is 0 Å². The number of nitrogens with one attached hydrogen (secondary N) is 2. The first-order chi connectivity index (χ1) is 12.5. The van der Waals surface area contributed by atoms with E-state index in [1.54, 1.807) is 4.90 Å². The molecule has 3 rings (SSSR count). The maximum atomic E-state index is 12.9. The van der Waals surface area contributed by atoms with E-state index < -0.39 is 17.8 Å². The van der Waals surface area contributed by atoms with Gasteiger partial charge in [-0.25, -0.2) is 14.6 Å². The number of halogens is 1. The number of hydrogen-bond donors (Lipinski definition) is 2. The summed E-state index contributed by atoms with van der Waals surface area (Å²) in [5, 5.41) is 0. The van der Waals surface area contributed by atoms with Crippen LogP contribution in [0.5, 0.6) is 0 Å². The van der Waals surface area contributed by atoms with Crippen LogP contribution in [0.4, 0.5) is 9.18 Å².